The highest BCUT2D eigenvalue weighted by Gasteiger charge is 2.27. The van der Waals surface area contributed by atoms with Gasteiger partial charge >= 0.3 is 5.97 Å². The lowest BCUT2D eigenvalue weighted by molar-refractivity contribution is -0.156. The molecule has 0 spiro atoms. The first kappa shape index (κ1) is 18.4. The molecule has 8 heteroatoms. The predicted molar refractivity (Wildman–Crippen MR) is 84.8 cm³/mol. The highest BCUT2D eigenvalue weighted by molar-refractivity contribution is 9.10. The summed E-state index contributed by atoms with van der Waals surface area (Å²) in [6, 6.07) is 3.36. The number of ether oxygens (including phenoxy) is 1. The quantitative estimate of drug-likeness (QED) is 0.791. The van der Waals surface area contributed by atoms with Gasteiger partial charge < -0.3 is 4.74 Å². The Hall–Kier alpha value is -0.630. The normalized spacial score (nSPS) is 13.8. The average Bonchev–Trinajstić information content (AvgIpc) is 2.24. The Morgan fingerprint density at radius 1 is 1.38 bits per heavy atom. The number of sulfonamides is 1. The first-order valence-corrected chi connectivity index (χ1v) is 8.78. The van der Waals surface area contributed by atoms with Crippen LogP contribution < -0.4 is 4.72 Å². The van der Waals surface area contributed by atoms with Gasteiger partial charge in [-0.1, -0.05) is 27.5 Å². The minimum Gasteiger partial charge on any atom is -0.459 e. The van der Waals surface area contributed by atoms with Crippen LogP contribution in [0.1, 0.15) is 27.7 Å². The van der Waals surface area contributed by atoms with E-state index >= 15 is 0 Å². The van der Waals surface area contributed by atoms with E-state index in [9.17, 15) is 13.2 Å². The van der Waals surface area contributed by atoms with Crippen molar-refractivity contribution in [1.29, 1.82) is 0 Å². The molecule has 1 atom stereocenters. The first-order chi connectivity index (χ1) is 9.42. The van der Waals surface area contributed by atoms with E-state index in [1.807, 2.05) is 0 Å². The highest BCUT2D eigenvalue weighted by atomic mass is 79.9. The topological polar surface area (TPSA) is 72.5 Å². The largest absolute Gasteiger partial charge is 0.459 e. The fourth-order valence-electron chi connectivity index (χ4n) is 1.43. The molecule has 0 amide bonds. The molecule has 1 rings (SSSR count). The van der Waals surface area contributed by atoms with Crippen molar-refractivity contribution in [1.82, 2.24) is 4.72 Å². The molecule has 0 fully saturated rings. The average molecular weight is 399 g/mol. The van der Waals surface area contributed by atoms with Crippen molar-refractivity contribution in [2.75, 3.05) is 0 Å². The second-order valence-corrected chi connectivity index (χ2v) is 8.46. The molecule has 0 heterocycles. The number of hydrogen-bond acceptors (Lipinski definition) is 4. The summed E-state index contributed by atoms with van der Waals surface area (Å²) in [6.45, 7) is 6.53. The number of halogens is 2. The van der Waals surface area contributed by atoms with Crippen molar-refractivity contribution in [2.24, 2.45) is 0 Å². The van der Waals surface area contributed by atoms with Gasteiger partial charge in [-0.15, -0.1) is 0 Å². The summed E-state index contributed by atoms with van der Waals surface area (Å²) in [5, 5.41) is 0.0632. The van der Waals surface area contributed by atoms with Gasteiger partial charge in [0.1, 0.15) is 16.5 Å². The monoisotopic (exact) mass is 397 g/mol. The SMILES string of the molecule is C[C@@H](NS(=O)(=O)c1ccc(Br)cc1Cl)C(=O)OC(C)(C)C. The van der Waals surface area contributed by atoms with Crippen molar-refractivity contribution in [3.8, 4) is 0 Å². The van der Waals surface area contributed by atoms with E-state index in [1.54, 1.807) is 26.8 Å². The molecule has 1 N–H and O–H groups in total. The first-order valence-electron chi connectivity index (χ1n) is 6.12. The van der Waals surface area contributed by atoms with E-state index in [1.165, 1.54) is 19.1 Å². The van der Waals surface area contributed by atoms with Crippen molar-refractivity contribution < 1.29 is 17.9 Å². The smallest absolute Gasteiger partial charge is 0.324 e. The predicted octanol–water partition coefficient (Wildman–Crippen LogP) is 3.11. The van der Waals surface area contributed by atoms with Gasteiger partial charge in [0.15, 0.2) is 0 Å². The second-order valence-electron chi connectivity index (χ2n) is 5.45. The molecule has 0 aliphatic carbocycles. The lowest BCUT2D eigenvalue weighted by atomic mass is 10.2. The highest BCUT2D eigenvalue weighted by Crippen LogP contribution is 2.25. The Labute approximate surface area is 138 Å². The van der Waals surface area contributed by atoms with Crippen LogP contribution in [0.4, 0.5) is 0 Å². The Morgan fingerprint density at radius 3 is 2.43 bits per heavy atom. The number of hydrogen-bond donors (Lipinski definition) is 1. The van der Waals surface area contributed by atoms with Gasteiger partial charge in [-0.25, -0.2) is 8.42 Å². The third-order valence-corrected chi connectivity index (χ3v) is 4.79. The van der Waals surface area contributed by atoms with Gasteiger partial charge in [0.25, 0.3) is 0 Å². The summed E-state index contributed by atoms with van der Waals surface area (Å²) in [5.41, 5.74) is -0.688. The van der Waals surface area contributed by atoms with E-state index in [4.69, 9.17) is 16.3 Å². The number of rotatable bonds is 4. The molecule has 1 aromatic rings. The Balaban J connectivity index is 2.92. The maximum absolute atomic E-state index is 12.2. The number of carbonyl (C=O) groups excluding carboxylic acids is 1. The molecule has 0 bridgehead atoms. The number of benzene rings is 1. The van der Waals surface area contributed by atoms with Gasteiger partial charge in [-0.3, -0.25) is 4.79 Å². The van der Waals surface area contributed by atoms with E-state index in [2.05, 4.69) is 20.7 Å². The summed E-state index contributed by atoms with van der Waals surface area (Å²) < 4.78 is 32.5. The molecule has 21 heavy (non-hydrogen) atoms. The molecule has 0 unspecified atom stereocenters. The van der Waals surface area contributed by atoms with Crippen molar-refractivity contribution in [3.05, 3.63) is 27.7 Å². The third-order valence-electron chi connectivity index (χ3n) is 2.28. The summed E-state index contributed by atoms with van der Waals surface area (Å²) >= 11 is 9.11. The van der Waals surface area contributed by atoms with Crippen LogP contribution in [0.2, 0.25) is 5.02 Å². The maximum atomic E-state index is 12.2. The van der Waals surface area contributed by atoms with E-state index in [-0.39, 0.29) is 9.92 Å². The Morgan fingerprint density at radius 2 is 1.95 bits per heavy atom. The molecule has 1 aromatic carbocycles. The van der Waals surface area contributed by atoms with Crippen LogP contribution in [0.5, 0.6) is 0 Å². The summed E-state index contributed by atoms with van der Waals surface area (Å²) in [7, 11) is -3.91. The van der Waals surface area contributed by atoms with Crippen molar-refractivity contribution >= 4 is 43.5 Å². The van der Waals surface area contributed by atoms with Crippen LogP contribution in [0.3, 0.4) is 0 Å². The Kier molecular flexibility index (Phi) is 5.83. The van der Waals surface area contributed by atoms with E-state index < -0.39 is 27.6 Å². The van der Waals surface area contributed by atoms with Gasteiger partial charge in [0.05, 0.1) is 5.02 Å². The zero-order valence-corrected chi connectivity index (χ0v) is 15.3. The number of esters is 1. The van der Waals surface area contributed by atoms with E-state index in [0.717, 1.165) is 0 Å². The molecule has 0 aromatic heterocycles. The molecule has 5 nitrogen and oxygen atoms in total. The summed E-state index contributed by atoms with van der Waals surface area (Å²) in [6.07, 6.45) is 0. The molecule has 118 valence electrons. The van der Waals surface area contributed by atoms with Crippen LogP contribution in [0.25, 0.3) is 0 Å². The Bertz CT molecular complexity index is 640. The third kappa shape index (κ3) is 5.58. The molecule has 0 saturated carbocycles. The molecular formula is C13H17BrClNO4S. The lowest BCUT2D eigenvalue weighted by Crippen LogP contribution is -2.42. The number of carbonyl (C=O) groups is 1. The summed E-state index contributed by atoms with van der Waals surface area (Å²) in [5.74, 6) is -0.653. The second kappa shape index (κ2) is 6.64. The van der Waals surface area contributed by atoms with Gasteiger partial charge in [0.2, 0.25) is 10.0 Å². The van der Waals surface area contributed by atoms with Gasteiger partial charge in [-0.05, 0) is 45.9 Å². The lowest BCUT2D eigenvalue weighted by Gasteiger charge is -2.22. The molecule has 0 aliphatic heterocycles. The minimum absolute atomic E-state index is 0.0632. The minimum atomic E-state index is -3.91. The fourth-order valence-corrected chi connectivity index (χ4v) is 3.66. The number of nitrogens with one attached hydrogen (secondary N) is 1. The van der Waals surface area contributed by atoms with Gasteiger partial charge in [-0.2, -0.15) is 4.72 Å². The molecule has 0 aliphatic rings. The van der Waals surface area contributed by atoms with Crippen LogP contribution in [-0.4, -0.2) is 26.0 Å². The van der Waals surface area contributed by atoms with Crippen molar-refractivity contribution in [2.45, 2.75) is 44.2 Å². The molecule has 0 radical (unpaired) electrons. The zero-order chi connectivity index (χ0) is 16.4. The molecule has 0 saturated heterocycles. The van der Waals surface area contributed by atoms with Gasteiger partial charge in [0, 0.05) is 4.47 Å². The van der Waals surface area contributed by atoms with Crippen LogP contribution in [0.15, 0.2) is 27.6 Å². The van der Waals surface area contributed by atoms with Crippen LogP contribution in [0, 0.1) is 0 Å². The van der Waals surface area contributed by atoms with Crippen molar-refractivity contribution in [3.63, 3.8) is 0 Å². The van der Waals surface area contributed by atoms with Crippen LogP contribution >= 0.6 is 27.5 Å². The molecular weight excluding hydrogens is 382 g/mol. The van der Waals surface area contributed by atoms with Crippen LogP contribution in [-0.2, 0) is 19.6 Å². The maximum Gasteiger partial charge on any atom is 0.324 e. The summed E-state index contributed by atoms with van der Waals surface area (Å²) in [4.78, 5) is 11.7. The zero-order valence-electron chi connectivity index (χ0n) is 12.1. The van der Waals surface area contributed by atoms with E-state index in [0.29, 0.717) is 4.47 Å². The standard InChI is InChI=1S/C13H17BrClNO4S/c1-8(12(17)20-13(2,3)4)16-21(18,19)11-6-5-9(14)7-10(11)15/h5-8,16H,1-4H3/t8-/m1/s1. The fraction of sp³-hybridized carbons (Fsp3) is 0.462.